The van der Waals surface area contributed by atoms with E-state index in [0.717, 1.165) is 34.9 Å². The summed E-state index contributed by atoms with van der Waals surface area (Å²) in [5, 5.41) is 0. The van der Waals surface area contributed by atoms with Crippen LogP contribution in [0.25, 0.3) is 6.08 Å². The second-order valence-electron chi connectivity index (χ2n) is 6.53. The molecule has 1 heterocycles. The number of benzene rings is 1. The minimum atomic E-state index is 0.890. The fraction of sp³-hybridized carbons (Fsp3) is 0.348. The van der Waals surface area contributed by atoms with Crippen LogP contribution in [0.5, 0.6) is 5.75 Å². The van der Waals surface area contributed by atoms with Crippen LogP contribution in [0.1, 0.15) is 51.0 Å². The number of aliphatic imine (C=N–C) groups is 1. The van der Waals surface area contributed by atoms with E-state index >= 15 is 0 Å². The summed E-state index contributed by atoms with van der Waals surface area (Å²) in [7, 11) is 0. The van der Waals surface area contributed by atoms with E-state index in [2.05, 4.69) is 48.4 Å². The lowest BCUT2D eigenvalue weighted by molar-refractivity contribution is 0.437. The van der Waals surface area contributed by atoms with Crippen LogP contribution in [-0.2, 0) is 0 Å². The second-order valence-corrected chi connectivity index (χ2v) is 6.53. The molecule has 2 heteroatoms. The number of rotatable bonds is 7. The van der Waals surface area contributed by atoms with Gasteiger partial charge in [-0.05, 0) is 48.9 Å². The van der Waals surface area contributed by atoms with Crippen molar-refractivity contribution in [3.63, 3.8) is 0 Å². The Bertz CT molecular complexity index is 716. The molecule has 1 aromatic rings. The lowest BCUT2D eigenvalue weighted by atomic mass is 10.0. The minimum absolute atomic E-state index is 0.890. The zero-order valence-electron chi connectivity index (χ0n) is 15.1. The summed E-state index contributed by atoms with van der Waals surface area (Å²) < 4.78 is 6.00. The number of allylic oxidation sites excluding steroid dienone is 6. The van der Waals surface area contributed by atoms with Crippen LogP contribution < -0.4 is 4.74 Å². The Hall–Kier alpha value is -2.35. The van der Waals surface area contributed by atoms with Crippen molar-refractivity contribution in [1.29, 1.82) is 0 Å². The third-order valence-corrected chi connectivity index (χ3v) is 4.51. The van der Waals surface area contributed by atoms with Gasteiger partial charge in [0.2, 0.25) is 0 Å². The maximum atomic E-state index is 6.00. The van der Waals surface area contributed by atoms with Gasteiger partial charge in [0.1, 0.15) is 11.5 Å². The fourth-order valence-electron chi connectivity index (χ4n) is 3.02. The molecule has 0 saturated carbocycles. The van der Waals surface area contributed by atoms with Gasteiger partial charge in [-0.15, -0.1) is 0 Å². The molecule has 0 N–H and O–H groups in total. The van der Waals surface area contributed by atoms with Crippen LogP contribution in [0.3, 0.4) is 0 Å². The Balaban J connectivity index is 1.52. The van der Waals surface area contributed by atoms with Gasteiger partial charge in [0.05, 0.1) is 5.71 Å². The predicted octanol–water partition coefficient (Wildman–Crippen LogP) is 6.27. The van der Waals surface area contributed by atoms with Crippen molar-refractivity contribution in [3.8, 4) is 5.75 Å². The second kappa shape index (κ2) is 9.22. The molecule has 0 saturated heterocycles. The number of fused-ring (bicyclic) bond motifs is 1. The summed E-state index contributed by atoms with van der Waals surface area (Å²) in [6.45, 7) is 3.18. The van der Waals surface area contributed by atoms with Gasteiger partial charge in [0.25, 0.3) is 0 Å². The molecule has 1 aliphatic heterocycles. The number of para-hydroxylation sites is 1. The zero-order valence-corrected chi connectivity index (χ0v) is 15.1. The predicted molar refractivity (Wildman–Crippen MR) is 107 cm³/mol. The number of ether oxygens (including phenoxy) is 1. The highest BCUT2D eigenvalue weighted by atomic mass is 16.5. The average molecular weight is 333 g/mol. The van der Waals surface area contributed by atoms with Crippen LogP contribution >= 0.6 is 0 Å². The lowest BCUT2D eigenvalue weighted by Crippen LogP contribution is -2.04. The van der Waals surface area contributed by atoms with Gasteiger partial charge in [0.15, 0.2) is 0 Å². The molecular formula is C23H27NO. The van der Waals surface area contributed by atoms with E-state index in [1.54, 1.807) is 0 Å². The van der Waals surface area contributed by atoms with Crippen molar-refractivity contribution in [1.82, 2.24) is 0 Å². The van der Waals surface area contributed by atoms with Crippen molar-refractivity contribution in [2.75, 3.05) is 6.54 Å². The Labute approximate surface area is 151 Å². The highest BCUT2D eigenvalue weighted by molar-refractivity contribution is 6.06. The number of hydrogen-bond acceptors (Lipinski definition) is 2. The van der Waals surface area contributed by atoms with Gasteiger partial charge in [-0.3, -0.25) is 4.99 Å². The normalized spacial score (nSPS) is 15.3. The van der Waals surface area contributed by atoms with Crippen molar-refractivity contribution >= 4 is 11.8 Å². The fourth-order valence-corrected chi connectivity index (χ4v) is 3.02. The first-order valence-corrected chi connectivity index (χ1v) is 9.46. The Morgan fingerprint density at radius 2 is 1.56 bits per heavy atom. The zero-order chi connectivity index (χ0) is 17.3. The van der Waals surface area contributed by atoms with Gasteiger partial charge >= 0.3 is 0 Å². The van der Waals surface area contributed by atoms with Crippen molar-refractivity contribution < 1.29 is 4.74 Å². The third kappa shape index (κ3) is 5.06. The summed E-state index contributed by atoms with van der Waals surface area (Å²) in [5.41, 5.74) is 3.26. The van der Waals surface area contributed by atoms with E-state index in [-0.39, 0.29) is 0 Å². The highest BCUT2D eigenvalue weighted by Crippen LogP contribution is 2.29. The molecule has 0 spiro atoms. The first-order chi connectivity index (χ1) is 12.4. The molecule has 1 aliphatic carbocycles. The quantitative estimate of drug-likeness (QED) is 0.539. The van der Waals surface area contributed by atoms with Crippen LogP contribution in [0, 0.1) is 0 Å². The number of nitrogens with zero attached hydrogens (tertiary/aromatic N) is 1. The van der Waals surface area contributed by atoms with Gasteiger partial charge in [-0.25, -0.2) is 0 Å². The van der Waals surface area contributed by atoms with Gasteiger partial charge < -0.3 is 4.74 Å². The van der Waals surface area contributed by atoms with E-state index < -0.39 is 0 Å². The van der Waals surface area contributed by atoms with Crippen LogP contribution in [0.2, 0.25) is 0 Å². The average Bonchev–Trinajstić information content (AvgIpc) is 2.67. The van der Waals surface area contributed by atoms with E-state index in [1.165, 1.54) is 38.5 Å². The first-order valence-electron chi connectivity index (χ1n) is 9.46. The molecule has 1 aromatic carbocycles. The smallest absolute Gasteiger partial charge is 0.134 e. The molecule has 0 radical (unpaired) electrons. The molecule has 0 aromatic heterocycles. The monoisotopic (exact) mass is 333 g/mol. The van der Waals surface area contributed by atoms with Crippen LogP contribution in [0.4, 0.5) is 0 Å². The lowest BCUT2D eigenvalue weighted by Gasteiger charge is -2.16. The summed E-state index contributed by atoms with van der Waals surface area (Å²) >= 11 is 0. The van der Waals surface area contributed by atoms with Crippen LogP contribution in [0.15, 0.2) is 71.0 Å². The summed E-state index contributed by atoms with van der Waals surface area (Å²) in [4.78, 5) is 4.68. The molecule has 0 amide bonds. The standard InChI is InChI=1S/C23H27NO/c1-2-3-4-5-6-9-18-24-21-15-12-20(13-16-21)23-17-14-19-10-7-8-11-22(19)25-23/h7-8,10-17H,2-6,9,18H2,1H3. The summed E-state index contributed by atoms with van der Waals surface area (Å²) in [5.74, 6) is 1.80. The largest absolute Gasteiger partial charge is 0.456 e. The van der Waals surface area contributed by atoms with E-state index in [4.69, 9.17) is 4.74 Å². The van der Waals surface area contributed by atoms with E-state index in [1.807, 2.05) is 24.3 Å². The molecule has 0 atom stereocenters. The van der Waals surface area contributed by atoms with Crippen molar-refractivity contribution in [2.45, 2.75) is 45.4 Å². The Morgan fingerprint density at radius 3 is 2.40 bits per heavy atom. The molecule has 2 nitrogen and oxygen atoms in total. The maximum absolute atomic E-state index is 6.00. The highest BCUT2D eigenvalue weighted by Gasteiger charge is 2.11. The number of unbranched alkanes of at least 4 members (excludes halogenated alkanes) is 5. The van der Waals surface area contributed by atoms with E-state index in [9.17, 15) is 0 Å². The minimum Gasteiger partial charge on any atom is -0.456 e. The topological polar surface area (TPSA) is 21.6 Å². The van der Waals surface area contributed by atoms with Crippen molar-refractivity contribution in [2.24, 2.45) is 4.99 Å². The summed E-state index contributed by atoms with van der Waals surface area (Å²) in [6.07, 6.45) is 20.3. The van der Waals surface area contributed by atoms with E-state index in [0.29, 0.717) is 0 Å². The van der Waals surface area contributed by atoms with Gasteiger partial charge in [0, 0.05) is 17.7 Å². The van der Waals surface area contributed by atoms with Gasteiger partial charge in [-0.1, -0.05) is 57.2 Å². The Kier molecular flexibility index (Phi) is 6.44. The maximum Gasteiger partial charge on any atom is 0.134 e. The molecule has 130 valence electrons. The number of hydrogen-bond donors (Lipinski definition) is 0. The molecule has 2 aliphatic rings. The molecular weight excluding hydrogens is 306 g/mol. The molecule has 3 rings (SSSR count). The van der Waals surface area contributed by atoms with Crippen LogP contribution in [-0.4, -0.2) is 12.3 Å². The third-order valence-electron chi connectivity index (χ3n) is 4.51. The van der Waals surface area contributed by atoms with Crippen molar-refractivity contribution in [3.05, 3.63) is 71.5 Å². The summed E-state index contributed by atoms with van der Waals surface area (Å²) in [6, 6.07) is 8.09. The molecule has 0 fully saturated rings. The van der Waals surface area contributed by atoms with Gasteiger partial charge in [-0.2, -0.15) is 0 Å². The first kappa shape index (κ1) is 17.5. The molecule has 0 bridgehead atoms. The molecule has 25 heavy (non-hydrogen) atoms. The SMILES string of the molecule is CCCCCCCCN=C1C=CC(=C2C=Cc3ccccc3O2)C=C1. The molecule has 0 unspecified atom stereocenters. The Morgan fingerprint density at radius 1 is 0.800 bits per heavy atom.